The van der Waals surface area contributed by atoms with Gasteiger partial charge in [0, 0.05) is 93.5 Å². The molecule has 7 N–H and O–H groups in total. The van der Waals surface area contributed by atoms with Crippen LogP contribution in [0.4, 0.5) is 22.7 Å². The number of aromatic nitrogens is 7. The summed E-state index contributed by atoms with van der Waals surface area (Å²) in [4.78, 5) is 27.6. The zero-order chi connectivity index (χ0) is 56.1. The second-order valence-electron chi connectivity index (χ2n) is 19.6. The van der Waals surface area contributed by atoms with E-state index in [1.807, 2.05) is 109 Å². The molecule has 0 saturated heterocycles. The Labute approximate surface area is 478 Å². The molecule has 0 radical (unpaired) electrons. The third kappa shape index (κ3) is 14.9. The molecule has 0 saturated carbocycles. The molecule has 0 fully saturated rings. The Hall–Kier alpha value is -10.3. The molecule has 12 rings (SSSR count). The van der Waals surface area contributed by atoms with Crippen molar-refractivity contribution < 1.29 is 14.2 Å². The fourth-order valence-corrected chi connectivity index (χ4v) is 9.50. The van der Waals surface area contributed by atoms with E-state index in [-0.39, 0.29) is 0 Å². The maximum Gasteiger partial charge on any atom is 0.139 e. The Morgan fingerprint density at radius 3 is 1.61 bits per heavy atom. The minimum absolute atomic E-state index is 0.686. The van der Waals surface area contributed by atoms with Crippen LogP contribution in [0, 0.1) is 12.3 Å². The van der Waals surface area contributed by atoms with Gasteiger partial charge in [-0.15, -0.1) is 12.3 Å². The predicted molar refractivity (Wildman–Crippen MR) is 335 cm³/mol. The fraction of sp³-hybridized carbons (Fsp3) is 0.159. The SMILES string of the molecule is C#CCCCCNc1ccnc2[nH]c(-c3ccc(OC)cc3)cc12.Nc1ccnc2[nH]c(-c3cccc(OCCCc4ccccc4)c3)cc12.c1ccc(CCCOc2cccc(-c3cc4c(Nc5cccnc5)ccnc4[nH]3)c2)cc1. The van der Waals surface area contributed by atoms with E-state index in [0.29, 0.717) is 13.2 Å². The number of aryl methyl sites for hydroxylation is 2. The number of aromatic amines is 3. The van der Waals surface area contributed by atoms with Gasteiger partial charge in [-0.1, -0.05) is 84.9 Å². The van der Waals surface area contributed by atoms with Crippen LogP contribution in [0.15, 0.2) is 213 Å². The van der Waals surface area contributed by atoms with Crippen molar-refractivity contribution in [2.24, 2.45) is 0 Å². The van der Waals surface area contributed by atoms with Crippen molar-refractivity contribution in [1.29, 1.82) is 0 Å². The first kappa shape index (κ1) is 55.0. The van der Waals surface area contributed by atoms with Crippen LogP contribution in [0.25, 0.3) is 66.9 Å². The average molecular weight is 1080 g/mol. The van der Waals surface area contributed by atoms with Gasteiger partial charge in [0.2, 0.25) is 0 Å². The van der Waals surface area contributed by atoms with E-state index in [4.69, 9.17) is 26.4 Å². The third-order valence-electron chi connectivity index (χ3n) is 13.8. The summed E-state index contributed by atoms with van der Waals surface area (Å²) >= 11 is 0. The second-order valence-corrected chi connectivity index (χ2v) is 19.6. The summed E-state index contributed by atoms with van der Waals surface area (Å²) in [6, 6.07) is 61.2. The topological polar surface area (TPSA) is 177 Å². The van der Waals surface area contributed by atoms with Gasteiger partial charge in [0.1, 0.15) is 34.2 Å². The Balaban J connectivity index is 0.000000139. The lowest BCUT2D eigenvalue weighted by Crippen LogP contribution is -2.01. The molecule has 0 aliphatic rings. The minimum atomic E-state index is 0.686. The zero-order valence-electron chi connectivity index (χ0n) is 45.9. The number of benzene rings is 5. The van der Waals surface area contributed by atoms with Gasteiger partial charge < -0.3 is 45.5 Å². The van der Waals surface area contributed by atoms with Crippen LogP contribution in [-0.2, 0) is 12.8 Å². The highest BCUT2D eigenvalue weighted by Crippen LogP contribution is 2.33. The molecule has 7 aromatic heterocycles. The lowest BCUT2D eigenvalue weighted by molar-refractivity contribution is 0.311. The summed E-state index contributed by atoms with van der Waals surface area (Å²) < 4.78 is 17.2. The van der Waals surface area contributed by atoms with Crippen LogP contribution in [0.2, 0.25) is 0 Å². The van der Waals surface area contributed by atoms with Gasteiger partial charge >= 0.3 is 0 Å². The van der Waals surface area contributed by atoms with Crippen molar-refractivity contribution in [3.8, 4) is 63.4 Å². The van der Waals surface area contributed by atoms with Crippen molar-refractivity contribution in [1.82, 2.24) is 34.9 Å². The molecule has 0 aliphatic carbocycles. The molecular weight excluding hydrogens is 1020 g/mol. The van der Waals surface area contributed by atoms with Crippen molar-refractivity contribution in [3.63, 3.8) is 0 Å². The summed E-state index contributed by atoms with van der Waals surface area (Å²) in [5.41, 5.74) is 21.2. The van der Waals surface area contributed by atoms with Crippen LogP contribution in [0.5, 0.6) is 17.2 Å². The van der Waals surface area contributed by atoms with Crippen molar-refractivity contribution in [2.75, 3.05) is 43.2 Å². The molecular formula is C69H66N10O3. The lowest BCUT2D eigenvalue weighted by atomic mass is 10.1. The number of methoxy groups -OCH3 is 1. The van der Waals surface area contributed by atoms with Crippen LogP contribution < -0.4 is 30.6 Å². The number of terminal acetylenes is 1. The average Bonchev–Trinajstić information content (AvgIpc) is 4.51. The highest BCUT2D eigenvalue weighted by molar-refractivity contribution is 5.96. The van der Waals surface area contributed by atoms with Crippen LogP contribution in [0.3, 0.4) is 0 Å². The quantitative estimate of drug-likeness (QED) is 0.0300. The van der Waals surface area contributed by atoms with Gasteiger partial charge in [-0.2, -0.15) is 0 Å². The van der Waals surface area contributed by atoms with E-state index >= 15 is 0 Å². The number of rotatable bonds is 21. The highest BCUT2D eigenvalue weighted by Gasteiger charge is 2.12. The van der Waals surface area contributed by atoms with Crippen molar-refractivity contribution >= 4 is 55.8 Å². The first-order chi connectivity index (χ1) is 40.5. The maximum atomic E-state index is 6.02. The van der Waals surface area contributed by atoms with Crippen LogP contribution in [-0.4, -0.2) is 61.8 Å². The van der Waals surface area contributed by atoms with Crippen molar-refractivity contribution in [2.45, 2.75) is 44.9 Å². The molecule has 0 amide bonds. The zero-order valence-corrected chi connectivity index (χ0v) is 45.9. The molecule has 410 valence electrons. The van der Waals surface area contributed by atoms with E-state index in [9.17, 15) is 0 Å². The molecule has 12 aromatic rings. The van der Waals surface area contributed by atoms with Gasteiger partial charge in [0.25, 0.3) is 0 Å². The highest BCUT2D eigenvalue weighted by atomic mass is 16.5. The molecule has 13 nitrogen and oxygen atoms in total. The second kappa shape index (κ2) is 28.0. The number of hydrogen-bond acceptors (Lipinski definition) is 10. The standard InChI is InChI=1S/C27H24N4O.C22H21N3O.C20H21N3O/c1-2-7-20(8-3-1)9-6-16-32-23-12-4-10-21(17-23)26-18-24-25(13-15-29-27(24)31-26)30-22-11-5-14-28-19-22;23-20-11-12-24-22-19(20)15-21(25-22)17-9-4-10-18(14-17)26-13-5-8-16-6-2-1-3-7-16;1-3-4-5-6-12-21-18-11-13-22-20-17(18)14-19(23-20)15-7-9-16(24-2)10-8-15/h1-5,7-8,10-15,17-19H,6,9,16H2,(H2,29,30,31);1-4,6-7,9-12,14-15H,5,8,13H2,(H3,23,24,25);1,7-11,13-14H,4-6,12H2,2H3,(H2,21,22,23). The normalized spacial score (nSPS) is 10.8. The number of hydrogen-bond donors (Lipinski definition) is 6. The largest absolute Gasteiger partial charge is 0.497 e. The number of H-pyrrole nitrogens is 3. The monoisotopic (exact) mass is 1080 g/mol. The summed E-state index contributed by atoms with van der Waals surface area (Å²) in [6.45, 7) is 2.29. The smallest absolute Gasteiger partial charge is 0.139 e. The number of fused-ring (bicyclic) bond motifs is 3. The third-order valence-corrected chi connectivity index (χ3v) is 13.8. The number of pyridine rings is 4. The van der Waals surface area contributed by atoms with Gasteiger partial charge in [0.15, 0.2) is 0 Å². The first-order valence-corrected chi connectivity index (χ1v) is 27.7. The first-order valence-electron chi connectivity index (χ1n) is 27.7. The van der Waals surface area contributed by atoms with E-state index in [1.54, 1.807) is 31.9 Å². The number of ether oxygens (including phenoxy) is 3. The predicted octanol–water partition coefficient (Wildman–Crippen LogP) is 15.7. The number of anilines is 4. The Bertz CT molecular complexity index is 3970. The van der Waals surface area contributed by atoms with Gasteiger partial charge in [-0.3, -0.25) is 4.98 Å². The Morgan fingerprint density at radius 1 is 0.500 bits per heavy atom. The summed E-state index contributed by atoms with van der Waals surface area (Å²) in [7, 11) is 1.67. The molecule has 0 aliphatic heterocycles. The molecule has 5 aromatic carbocycles. The van der Waals surface area contributed by atoms with Gasteiger partial charge in [-0.05, 0) is 152 Å². The minimum Gasteiger partial charge on any atom is -0.497 e. The summed E-state index contributed by atoms with van der Waals surface area (Å²) in [5, 5.41) is 9.97. The van der Waals surface area contributed by atoms with E-state index in [1.165, 1.54) is 11.1 Å². The molecule has 7 heterocycles. The number of nitrogens with zero attached hydrogens (tertiary/aromatic N) is 4. The lowest BCUT2D eigenvalue weighted by Gasteiger charge is -2.08. The summed E-state index contributed by atoms with van der Waals surface area (Å²) in [5.74, 6) is 5.26. The molecule has 82 heavy (non-hydrogen) atoms. The maximum absolute atomic E-state index is 6.02. The number of nitrogens with one attached hydrogen (secondary N) is 5. The van der Waals surface area contributed by atoms with Crippen LogP contribution >= 0.6 is 0 Å². The van der Waals surface area contributed by atoms with Crippen molar-refractivity contribution in [3.05, 3.63) is 224 Å². The number of nitrogen functional groups attached to an aromatic ring is 1. The van der Waals surface area contributed by atoms with Gasteiger partial charge in [0.05, 0.1) is 37.9 Å². The Morgan fingerprint density at radius 2 is 1.05 bits per heavy atom. The number of unbranched alkanes of at least 4 members (excludes halogenated alkanes) is 2. The molecule has 0 bridgehead atoms. The molecule has 0 spiro atoms. The Kier molecular flexibility index (Phi) is 18.8. The fourth-order valence-electron chi connectivity index (χ4n) is 9.50. The summed E-state index contributed by atoms with van der Waals surface area (Å²) in [6.07, 6.45) is 21.1. The van der Waals surface area contributed by atoms with E-state index in [2.05, 4.69) is 130 Å². The number of nitrogens with two attached hydrogens (primary N) is 1. The van der Waals surface area contributed by atoms with E-state index < -0.39 is 0 Å². The van der Waals surface area contributed by atoms with Gasteiger partial charge in [-0.25, -0.2) is 15.0 Å². The molecule has 0 unspecified atom stereocenters. The molecule has 13 heteroatoms. The molecule has 0 atom stereocenters. The van der Waals surface area contributed by atoms with Crippen LogP contribution in [0.1, 0.15) is 43.2 Å². The van der Waals surface area contributed by atoms with E-state index in [0.717, 1.165) is 158 Å².